The van der Waals surface area contributed by atoms with Crippen LogP contribution in [-0.4, -0.2) is 35.2 Å². The average molecular weight is 287 g/mol. The number of hydrogen-bond donors (Lipinski definition) is 0. The van der Waals surface area contributed by atoms with Gasteiger partial charge in [0.1, 0.15) is 5.75 Å². The van der Waals surface area contributed by atoms with Crippen molar-refractivity contribution in [3.8, 4) is 5.75 Å². The lowest BCUT2D eigenvalue weighted by molar-refractivity contribution is 0.252. The first-order valence-corrected chi connectivity index (χ1v) is 7.34. The minimum absolute atomic E-state index is 0.464. The Morgan fingerprint density at radius 1 is 1.43 bits per heavy atom. The summed E-state index contributed by atoms with van der Waals surface area (Å²) in [6, 6.07) is 6.40. The van der Waals surface area contributed by atoms with E-state index in [1.54, 1.807) is 7.11 Å². The molecule has 5 nitrogen and oxygen atoms in total. The van der Waals surface area contributed by atoms with Gasteiger partial charge in [-0.1, -0.05) is 18.1 Å². The summed E-state index contributed by atoms with van der Waals surface area (Å²) in [6.07, 6.45) is 1.04. The van der Waals surface area contributed by atoms with Crippen LogP contribution in [0.15, 0.2) is 22.7 Å². The fraction of sp³-hybridized carbons (Fsp3) is 0.500. The summed E-state index contributed by atoms with van der Waals surface area (Å²) < 4.78 is 10.4. The Balaban J connectivity index is 1.76. The van der Waals surface area contributed by atoms with Gasteiger partial charge in [-0.05, 0) is 35.6 Å². The second-order valence-electron chi connectivity index (χ2n) is 5.68. The van der Waals surface area contributed by atoms with Gasteiger partial charge in [-0.15, -0.1) is 0 Å². The van der Waals surface area contributed by atoms with Crippen molar-refractivity contribution in [3.63, 3.8) is 0 Å². The molecule has 0 radical (unpaired) electrons. The first-order valence-electron chi connectivity index (χ1n) is 7.34. The molecule has 0 spiro atoms. The molecule has 0 fully saturated rings. The second kappa shape index (κ2) is 5.85. The van der Waals surface area contributed by atoms with Gasteiger partial charge < -0.3 is 9.26 Å². The van der Waals surface area contributed by atoms with Gasteiger partial charge in [0.05, 0.1) is 13.7 Å². The molecule has 0 saturated carbocycles. The van der Waals surface area contributed by atoms with Crippen LogP contribution >= 0.6 is 0 Å². The number of ether oxygens (including phenoxy) is 1. The molecule has 0 N–H and O–H groups in total. The van der Waals surface area contributed by atoms with Crippen molar-refractivity contribution in [2.24, 2.45) is 0 Å². The van der Waals surface area contributed by atoms with Crippen molar-refractivity contribution in [2.75, 3.05) is 20.2 Å². The summed E-state index contributed by atoms with van der Waals surface area (Å²) in [7, 11) is 1.72. The molecule has 1 aliphatic rings. The normalized spacial score (nSPS) is 19.1. The van der Waals surface area contributed by atoms with Crippen LogP contribution in [0.3, 0.4) is 0 Å². The molecule has 2 aromatic rings. The predicted molar refractivity (Wildman–Crippen MR) is 79.4 cm³/mol. The van der Waals surface area contributed by atoms with Crippen LogP contribution in [0.2, 0.25) is 0 Å². The SMILES string of the molecule is COc1ccc2c(c1)C(C)CN(Cc1noc(C)n1)CC2. The summed E-state index contributed by atoms with van der Waals surface area (Å²) in [5, 5.41) is 3.99. The van der Waals surface area contributed by atoms with Crippen LogP contribution in [0.1, 0.15) is 35.7 Å². The molecule has 0 bridgehead atoms. The van der Waals surface area contributed by atoms with Crippen molar-refractivity contribution in [3.05, 3.63) is 41.0 Å². The van der Waals surface area contributed by atoms with Crippen LogP contribution in [0, 0.1) is 6.92 Å². The molecule has 0 amide bonds. The smallest absolute Gasteiger partial charge is 0.223 e. The maximum atomic E-state index is 5.35. The van der Waals surface area contributed by atoms with Crippen LogP contribution in [0.5, 0.6) is 5.75 Å². The molecule has 112 valence electrons. The zero-order valence-electron chi connectivity index (χ0n) is 12.8. The van der Waals surface area contributed by atoms with E-state index < -0.39 is 0 Å². The van der Waals surface area contributed by atoms with Crippen molar-refractivity contribution in [1.29, 1.82) is 0 Å². The predicted octanol–water partition coefficient (Wildman–Crippen LogP) is 2.55. The lowest BCUT2D eigenvalue weighted by atomic mass is 9.95. The zero-order chi connectivity index (χ0) is 14.8. The minimum atomic E-state index is 0.464. The monoisotopic (exact) mass is 287 g/mol. The Labute approximate surface area is 124 Å². The zero-order valence-corrected chi connectivity index (χ0v) is 12.8. The minimum Gasteiger partial charge on any atom is -0.497 e. The number of benzene rings is 1. The van der Waals surface area contributed by atoms with Crippen LogP contribution in [0.4, 0.5) is 0 Å². The highest BCUT2D eigenvalue weighted by molar-refractivity contribution is 5.38. The molecule has 5 heteroatoms. The quantitative estimate of drug-likeness (QED) is 0.868. The Morgan fingerprint density at radius 3 is 3.00 bits per heavy atom. The van der Waals surface area contributed by atoms with Gasteiger partial charge in [-0.2, -0.15) is 4.98 Å². The average Bonchev–Trinajstić information content (AvgIpc) is 2.82. The molecule has 0 aliphatic carbocycles. The van der Waals surface area contributed by atoms with Crippen LogP contribution in [0.25, 0.3) is 0 Å². The highest BCUT2D eigenvalue weighted by Crippen LogP contribution is 2.29. The first-order chi connectivity index (χ1) is 10.2. The Kier molecular flexibility index (Phi) is 3.92. The van der Waals surface area contributed by atoms with Gasteiger partial charge >= 0.3 is 0 Å². The number of hydrogen-bond acceptors (Lipinski definition) is 5. The lowest BCUT2D eigenvalue weighted by Crippen LogP contribution is -2.27. The van der Waals surface area contributed by atoms with Crippen molar-refractivity contribution in [2.45, 2.75) is 32.7 Å². The summed E-state index contributed by atoms with van der Waals surface area (Å²) >= 11 is 0. The molecule has 0 saturated heterocycles. The Bertz CT molecular complexity index is 624. The van der Waals surface area contributed by atoms with E-state index in [0.717, 1.165) is 37.6 Å². The highest BCUT2D eigenvalue weighted by atomic mass is 16.5. The number of rotatable bonds is 3. The first kappa shape index (κ1) is 14.1. The number of aromatic nitrogens is 2. The van der Waals surface area contributed by atoms with Crippen LogP contribution < -0.4 is 4.74 Å². The van der Waals surface area contributed by atoms with E-state index >= 15 is 0 Å². The molecule has 1 aromatic heterocycles. The maximum Gasteiger partial charge on any atom is 0.223 e. The number of methoxy groups -OCH3 is 1. The third kappa shape index (κ3) is 3.08. The largest absolute Gasteiger partial charge is 0.497 e. The highest BCUT2D eigenvalue weighted by Gasteiger charge is 2.21. The standard InChI is InChI=1S/C16H21N3O2/c1-11-9-19(10-16-17-12(2)21-18-16)7-6-13-4-5-14(20-3)8-15(11)13/h4-5,8,11H,6-7,9-10H2,1-3H3. The summed E-state index contributed by atoms with van der Waals surface area (Å²) in [4.78, 5) is 6.69. The number of fused-ring (bicyclic) bond motifs is 1. The van der Waals surface area contributed by atoms with Gasteiger partial charge in [0, 0.05) is 20.0 Å². The van der Waals surface area contributed by atoms with Gasteiger partial charge in [0.25, 0.3) is 0 Å². The Hall–Kier alpha value is -1.88. The van der Waals surface area contributed by atoms with Crippen LogP contribution in [-0.2, 0) is 13.0 Å². The summed E-state index contributed by atoms with van der Waals surface area (Å²) in [5.41, 5.74) is 2.80. The van der Waals surface area contributed by atoms with E-state index in [1.807, 2.05) is 13.0 Å². The van der Waals surface area contributed by atoms with Crippen molar-refractivity contribution >= 4 is 0 Å². The van der Waals surface area contributed by atoms with Gasteiger partial charge in [-0.25, -0.2) is 0 Å². The van der Waals surface area contributed by atoms with Gasteiger partial charge in [-0.3, -0.25) is 4.90 Å². The Morgan fingerprint density at radius 2 is 2.29 bits per heavy atom. The van der Waals surface area contributed by atoms with E-state index in [-0.39, 0.29) is 0 Å². The molecule has 1 aromatic carbocycles. The van der Waals surface area contributed by atoms with E-state index in [4.69, 9.17) is 9.26 Å². The van der Waals surface area contributed by atoms with Crippen molar-refractivity contribution < 1.29 is 9.26 Å². The van der Waals surface area contributed by atoms with Gasteiger partial charge in [0.2, 0.25) is 5.89 Å². The molecule has 3 rings (SSSR count). The molecule has 1 aliphatic heterocycles. The van der Waals surface area contributed by atoms with Gasteiger partial charge in [0.15, 0.2) is 5.82 Å². The third-order valence-corrected chi connectivity index (χ3v) is 4.05. The van der Waals surface area contributed by atoms with E-state index in [2.05, 4.69) is 34.1 Å². The van der Waals surface area contributed by atoms with E-state index in [0.29, 0.717) is 11.8 Å². The topological polar surface area (TPSA) is 51.4 Å². The fourth-order valence-corrected chi connectivity index (χ4v) is 2.99. The molecular weight excluding hydrogens is 266 g/mol. The number of aryl methyl sites for hydroxylation is 1. The van der Waals surface area contributed by atoms with E-state index in [1.165, 1.54) is 11.1 Å². The molecular formula is C16H21N3O2. The fourth-order valence-electron chi connectivity index (χ4n) is 2.99. The third-order valence-electron chi connectivity index (χ3n) is 4.05. The maximum absolute atomic E-state index is 5.35. The van der Waals surface area contributed by atoms with E-state index in [9.17, 15) is 0 Å². The lowest BCUT2D eigenvalue weighted by Gasteiger charge is -2.21. The molecule has 2 heterocycles. The number of nitrogens with zero attached hydrogens (tertiary/aromatic N) is 3. The molecule has 1 atom stereocenters. The molecule has 21 heavy (non-hydrogen) atoms. The second-order valence-corrected chi connectivity index (χ2v) is 5.68. The molecule has 1 unspecified atom stereocenters. The summed E-state index contributed by atoms with van der Waals surface area (Å²) in [6.45, 7) is 6.83. The summed E-state index contributed by atoms with van der Waals surface area (Å²) in [5.74, 6) is 2.79. The van der Waals surface area contributed by atoms with Crippen molar-refractivity contribution in [1.82, 2.24) is 15.0 Å².